The number of benzene rings is 1. The minimum atomic E-state index is 0.669. The molecule has 2 fully saturated rings. The third-order valence-electron chi connectivity index (χ3n) is 4.64. The molecule has 0 aromatic heterocycles. The lowest BCUT2D eigenvalue weighted by molar-refractivity contribution is 0.160. The van der Waals surface area contributed by atoms with Crippen molar-refractivity contribution in [1.29, 1.82) is 0 Å². The van der Waals surface area contributed by atoms with Crippen molar-refractivity contribution in [1.82, 2.24) is 10.2 Å². The molecule has 0 radical (unpaired) electrons. The van der Waals surface area contributed by atoms with Crippen LogP contribution >= 0.6 is 0 Å². The second kappa shape index (κ2) is 4.43. The molecule has 3 rings (SSSR count). The molecule has 2 aliphatic rings. The van der Waals surface area contributed by atoms with Crippen LogP contribution in [-0.4, -0.2) is 31.1 Å². The van der Waals surface area contributed by atoms with E-state index in [0.717, 1.165) is 12.6 Å². The Morgan fingerprint density at radius 2 is 1.94 bits per heavy atom. The molecular formula is C15H22N2. The maximum atomic E-state index is 3.45. The number of likely N-dealkylation sites (tertiary alicyclic amines) is 1. The van der Waals surface area contributed by atoms with Crippen molar-refractivity contribution in [2.24, 2.45) is 5.41 Å². The predicted molar refractivity (Wildman–Crippen MR) is 70.9 cm³/mol. The molecule has 1 aliphatic carbocycles. The number of rotatable bonds is 3. The fourth-order valence-electron chi connectivity index (χ4n) is 3.31. The largest absolute Gasteiger partial charge is 0.316 e. The van der Waals surface area contributed by atoms with E-state index in [1.165, 1.54) is 37.9 Å². The van der Waals surface area contributed by atoms with E-state index >= 15 is 0 Å². The summed E-state index contributed by atoms with van der Waals surface area (Å²) in [5, 5.41) is 3.45. The van der Waals surface area contributed by atoms with Gasteiger partial charge < -0.3 is 5.32 Å². The lowest BCUT2D eigenvalue weighted by Gasteiger charge is -2.32. The summed E-state index contributed by atoms with van der Waals surface area (Å²) >= 11 is 0. The predicted octanol–water partition coefficient (Wildman–Crippen LogP) is 2.26. The zero-order valence-corrected chi connectivity index (χ0v) is 10.7. The molecule has 1 saturated carbocycles. The second-order valence-corrected chi connectivity index (χ2v) is 5.67. The third kappa shape index (κ3) is 2.24. The molecule has 1 spiro atoms. The topological polar surface area (TPSA) is 15.3 Å². The van der Waals surface area contributed by atoms with Crippen LogP contribution in [0, 0.1) is 5.41 Å². The summed E-state index contributed by atoms with van der Waals surface area (Å²) in [6.45, 7) is 3.67. The summed E-state index contributed by atoms with van der Waals surface area (Å²) in [4.78, 5) is 2.60. The van der Waals surface area contributed by atoms with Crippen molar-refractivity contribution >= 4 is 0 Å². The molecule has 2 heteroatoms. The van der Waals surface area contributed by atoms with Gasteiger partial charge in [-0.3, -0.25) is 4.90 Å². The Morgan fingerprint density at radius 3 is 2.53 bits per heavy atom. The van der Waals surface area contributed by atoms with Crippen molar-refractivity contribution in [3.8, 4) is 0 Å². The summed E-state index contributed by atoms with van der Waals surface area (Å²) in [6.07, 6.45) is 4.17. The number of piperidine rings is 1. The molecule has 1 aromatic rings. The molecule has 1 aliphatic heterocycles. The Balaban J connectivity index is 1.53. The lowest BCUT2D eigenvalue weighted by Crippen LogP contribution is -2.36. The van der Waals surface area contributed by atoms with E-state index < -0.39 is 0 Å². The third-order valence-corrected chi connectivity index (χ3v) is 4.64. The van der Waals surface area contributed by atoms with Gasteiger partial charge in [-0.05, 0) is 50.4 Å². The average molecular weight is 230 g/mol. The van der Waals surface area contributed by atoms with E-state index in [1.807, 2.05) is 0 Å². The van der Waals surface area contributed by atoms with Crippen LogP contribution in [0.5, 0.6) is 0 Å². The monoisotopic (exact) mass is 230 g/mol. The van der Waals surface area contributed by atoms with E-state index in [9.17, 15) is 0 Å². The van der Waals surface area contributed by atoms with Crippen LogP contribution in [0.2, 0.25) is 0 Å². The van der Waals surface area contributed by atoms with Gasteiger partial charge in [-0.2, -0.15) is 0 Å². The molecule has 0 amide bonds. The van der Waals surface area contributed by atoms with Gasteiger partial charge in [0.05, 0.1) is 0 Å². The number of nitrogens with zero attached hydrogens (tertiary/aromatic N) is 1. The van der Waals surface area contributed by atoms with Crippen LogP contribution in [-0.2, 0) is 6.54 Å². The highest BCUT2D eigenvalue weighted by Crippen LogP contribution is 2.53. The van der Waals surface area contributed by atoms with E-state index in [4.69, 9.17) is 0 Å². The maximum absolute atomic E-state index is 3.45. The fourth-order valence-corrected chi connectivity index (χ4v) is 3.31. The first-order valence-corrected chi connectivity index (χ1v) is 6.76. The minimum absolute atomic E-state index is 0.669. The molecule has 1 atom stereocenters. The highest BCUT2D eigenvalue weighted by Gasteiger charge is 2.53. The maximum Gasteiger partial charge on any atom is 0.0233 e. The molecule has 1 saturated heterocycles. The van der Waals surface area contributed by atoms with Gasteiger partial charge in [0.1, 0.15) is 0 Å². The van der Waals surface area contributed by atoms with Crippen LogP contribution in [0.4, 0.5) is 0 Å². The Bertz CT molecular complexity index is 366. The van der Waals surface area contributed by atoms with Gasteiger partial charge in [-0.15, -0.1) is 0 Å². The van der Waals surface area contributed by atoms with Gasteiger partial charge in [-0.1, -0.05) is 30.3 Å². The van der Waals surface area contributed by atoms with Crippen LogP contribution < -0.4 is 5.32 Å². The van der Waals surface area contributed by atoms with Crippen molar-refractivity contribution in [3.05, 3.63) is 35.9 Å². The second-order valence-electron chi connectivity index (χ2n) is 5.67. The summed E-state index contributed by atoms with van der Waals surface area (Å²) in [6, 6.07) is 11.6. The fraction of sp³-hybridized carbons (Fsp3) is 0.600. The van der Waals surface area contributed by atoms with Crippen molar-refractivity contribution in [3.63, 3.8) is 0 Å². The van der Waals surface area contributed by atoms with Gasteiger partial charge in [0.2, 0.25) is 0 Å². The van der Waals surface area contributed by atoms with E-state index in [0.29, 0.717) is 5.41 Å². The lowest BCUT2D eigenvalue weighted by atomic mass is 9.92. The number of hydrogen-bond acceptors (Lipinski definition) is 2. The van der Waals surface area contributed by atoms with Crippen molar-refractivity contribution in [2.75, 3.05) is 20.1 Å². The Morgan fingerprint density at radius 1 is 1.24 bits per heavy atom. The summed E-state index contributed by atoms with van der Waals surface area (Å²) in [7, 11) is 2.11. The minimum Gasteiger partial charge on any atom is -0.316 e. The van der Waals surface area contributed by atoms with E-state index in [-0.39, 0.29) is 0 Å². The van der Waals surface area contributed by atoms with Crippen molar-refractivity contribution < 1.29 is 0 Å². The molecule has 1 aromatic carbocycles. The highest BCUT2D eigenvalue weighted by atomic mass is 15.1. The van der Waals surface area contributed by atoms with Crippen LogP contribution in [0.1, 0.15) is 24.8 Å². The molecular weight excluding hydrogens is 208 g/mol. The molecule has 1 unspecified atom stereocenters. The number of hydrogen-bond donors (Lipinski definition) is 1. The molecule has 1 N–H and O–H groups in total. The molecule has 2 nitrogen and oxygen atoms in total. The van der Waals surface area contributed by atoms with Gasteiger partial charge in [0, 0.05) is 12.6 Å². The van der Waals surface area contributed by atoms with Gasteiger partial charge >= 0.3 is 0 Å². The summed E-state index contributed by atoms with van der Waals surface area (Å²) in [5.74, 6) is 0. The standard InChI is InChI=1S/C15H22N2/c1-16-14-11-15(14)7-9-17(10-8-15)12-13-5-3-2-4-6-13/h2-6,14,16H,7-12H2,1H3. The molecule has 92 valence electrons. The Labute approximate surface area is 104 Å². The zero-order chi connectivity index (χ0) is 11.7. The average Bonchev–Trinajstić information content (AvgIpc) is 3.07. The zero-order valence-electron chi connectivity index (χ0n) is 10.7. The van der Waals surface area contributed by atoms with Gasteiger partial charge in [-0.25, -0.2) is 0 Å². The smallest absolute Gasteiger partial charge is 0.0233 e. The van der Waals surface area contributed by atoms with Crippen LogP contribution in [0.25, 0.3) is 0 Å². The normalized spacial score (nSPS) is 27.2. The first-order chi connectivity index (χ1) is 8.32. The summed E-state index contributed by atoms with van der Waals surface area (Å²) < 4.78 is 0. The van der Waals surface area contributed by atoms with Crippen LogP contribution in [0.15, 0.2) is 30.3 Å². The number of nitrogens with one attached hydrogen (secondary N) is 1. The van der Waals surface area contributed by atoms with Gasteiger partial charge in [0.15, 0.2) is 0 Å². The SMILES string of the molecule is CNC1CC12CCN(Cc1ccccc1)CC2. The highest BCUT2D eigenvalue weighted by molar-refractivity contribution is 5.15. The Kier molecular flexibility index (Phi) is 2.93. The van der Waals surface area contributed by atoms with E-state index in [2.05, 4.69) is 47.6 Å². The first kappa shape index (κ1) is 11.2. The van der Waals surface area contributed by atoms with Gasteiger partial charge in [0.25, 0.3) is 0 Å². The quantitative estimate of drug-likeness (QED) is 0.857. The molecule has 0 bridgehead atoms. The summed E-state index contributed by atoms with van der Waals surface area (Å²) in [5.41, 5.74) is 2.12. The van der Waals surface area contributed by atoms with Crippen LogP contribution in [0.3, 0.4) is 0 Å². The Hall–Kier alpha value is -0.860. The molecule has 17 heavy (non-hydrogen) atoms. The van der Waals surface area contributed by atoms with E-state index in [1.54, 1.807) is 0 Å². The molecule has 1 heterocycles. The first-order valence-electron chi connectivity index (χ1n) is 6.76. The van der Waals surface area contributed by atoms with Crippen molar-refractivity contribution in [2.45, 2.75) is 31.8 Å².